The number of thioether (sulfide) groups is 1. The number of guanidine groups is 1. The van der Waals surface area contributed by atoms with Gasteiger partial charge in [-0.3, -0.25) is 10.2 Å². The second-order valence-electron chi connectivity index (χ2n) is 4.76. The Labute approximate surface area is 146 Å². The largest absolute Gasteiger partial charge is 0.469 e. The number of ether oxygens (including phenoxy) is 1. The number of carbonyl (C=O) groups is 1. The maximum absolute atomic E-state index is 12.1. The summed E-state index contributed by atoms with van der Waals surface area (Å²) in [6.07, 6.45) is -3.35. The smallest absolute Gasteiger partial charge is 0.408 e. The minimum absolute atomic E-state index is 0.218. The van der Waals surface area contributed by atoms with Crippen LogP contribution in [0.5, 0.6) is 0 Å². The molecule has 0 spiro atoms. The lowest BCUT2D eigenvalue weighted by atomic mass is 10.2. The van der Waals surface area contributed by atoms with Gasteiger partial charge in [-0.1, -0.05) is 17.8 Å². The number of pyridine rings is 1. The summed E-state index contributed by atoms with van der Waals surface area (Å²) in [6, 6.07) is 4.78. The van der Waals surface area contributed by atoms with E-state index in [4.69, 9.17) is 11.1 Å². The van der Waals surface area contributed by atoms with E-state index in [9.17, 15) is 18.0 Å². The monoisotopic (exact) mass is 377 g/mol. The maximum atomic E-state index is 12.1. The van der Waals surface area contributed by atoms with Crippen molar-refractivity contribution in [1.29, 1.82) is 5.41 Å². The molecule has 0 atom stereocenters. The van der Waals surface area contributed by atoms with Crippen LogP contribution in [0.4, 0.5) is 19.0 Å². The maximum Gasteiger partial charge on any atom is 0.408 e. The third kappa shape index (κ3) is 9.55. The van der Waals surface area contributed by atoms with E-state index in [1.807, 2.05) is 0 Å². The van der Waals surface area contributed by atoms with E-state index < -0.39 is 18.7 Å². The number of rotatable bonds is 7. The van der Waals surface area contributed by atoms with E-state index >= 15 is 0 Å². The van der Waals surface area contributed by atoms with Crippen LogP contribution in [-0.4, -0.2) is 41.8 Å². The van der Waals surface area contributed by atoms with E-state index in [1.54, 1.807) is 12.1 Å². The van der Waals surface area contributed by atoms with Gasteiger partial charge in [0.05, 0.1) is 12.2 Å². The summed E-state index contributed by atoms with van der Waals surface area (Å²) in [4.78, 5) is 18.3. The highest BCUT2D eigenvalue weighted by atomic mass is 32.2. The van der Waals surface area contributed by atoms with Crippen molar-refractivity contribution in [3.8, 4) is 0 Å². The van der Waals surface area contributed by atoms with Gasteiger partial charge in [-0.15, -0.1) is 0 Å². The SMILES string of the molecule is COC(=O)CCCC(=N)Sc1cccc(NC(N)=NCC(F)(F)F)n1. The molecular formula is C14H18F3N5O2S. The molecule has 138 valence electrons. The lowest BCUT2D eigenvalue weighted by molar-refractivity contribution is -0.140. The number of carbonyl (C=O) groups excluding carboxylic acids is 1. The number of nitrogens with one attached hydrogen (secondary N) is 2. The zero-order valence-corrected chi connectivity index (χ0v) is 14.2. The molecule has 25 heavy (non-hydrogen) atoms. The van der Waals surface area contributed by atoms with Crippen LogP contribution in [0.25, 0.3) is 0 Å². The number of methoxy groups -OCH3 is 1. The van der Waals surface area contributed by atoms with Crippen LogP contribution in [0.3, 0.4) is 0 Å². The molecule has 0 saturated heterocycles. The van der Waals surface area contributed by atoms with E-state index in [0.29, 0.717) is 22.9 Å². The first-order chi connectivity index (χ1) is 11.7. The zero-order chi connectivity index (χ0) is 18.9. The van der Waals surface area contributed by atoms with Crippen LogP contribution >= 0.6 is 11.8 Å². The molecule has 0 aliphatic heterocycles. The van der Waals surface area contributed by atoms with E-state index in [2.05, 4.69) is 20.0 Å². The van der Waals surface area contributed by atoms with Crippen molar-refractivity contribution >= 4 is 34.6 Å². The van der Waals surface area contributed by atoms with Gasteiger partial charge in [-0.05, 0) is 25.0 Å². The Morgan fingerprint density at radius 3 is 2.80 bits per heavy atom. The van der Waals surface area contributed by atoms with Crippen LogP contribution in [0.2, 0.25) is 0 Å². The molecule has 0 fully saturated rings. The third-order valence-corrected chi connectivity index (χ3v) is 3.54. The molecule has 11 heteroatoms. The Kier molecular flexibility index (Phi) is 8.19. The van der Waals surface area contributed by atoms with Gasteiger partial charge in [0.15, 0.2) is 5.96 Å². The number of alkyl halides is 3. The predicted octanol–water partition coefficient (Wildman–Crippen LogP) is 2.78. The first kappa shape index (κ1) is 20.7. The van der Waals surface area contributed by atoms with Crippen LogP contribution in [0, 0.1) is 5.41 Å². The molecule has 0 amide bonds. The molecule has 0 unspecified atom stereocenters. The summed E-state index contributed by atoms with van der Waals surface area (Å²) < 4.78 is 40.7. The van der Waals surface area contributed by atoms with Gasteiger partial charge in [-0.25, -0.2) is 9.98 Å². The predicted molar refractivity (Wildman–Crippen MR) is 89.9 cm³/mol. The number of nitrogens with zero attached hydrogens (tertiary/aromatic N) is 2. The molecule has 1 aromatic rings. The van der Waals surface area contributed by atoms with Gasteiger partial charge in [0.25, 0.3) is 0 Å². The summed E-state index contributed by atoms with van der Waals surface area (Å²) in [6.45, 7) is -1.38. The van der Waals surface area contributed by atoms with Gasteiger partial charge in [0.1, 0.15) is 17.4 Å². The van der Waals surface area contributed by atoms with Crippen LogP contribution in [-0.2, 0) is 9.53 Å². The normalized spacial score (nSPS) is 11.9. The van der Waals surface area contributed by atoms with Gasteiger partial charge < -0.3 is 15.8 Å². The molecule has 0 aliphatic rings. The van der Waals surface area contributed by atoms with Crippen LogP contribution < -0.4 is 11.1 Å². The van der Waals surface area contributed by atoms with Gasteiger partial charge >= 0.3 is 12.1 Å². The van der Waals surface area contributed by atoms with Crippen LogP contribution in [0.1, 0.15) is 19.3 Å². The fraction of sp³-hybridized carbons (Fsp3) is 0.429. The van der Waals surface area contributed by atoms with Gasteiger partial charge in [-0.2, -0.15) is 13.2 Å². The fourth-order valence-corrected chi connectivity index (χ4v) is 2.35. The summed E-state index contributed by atoms with van der Waals surface area (Å²) in [5.41, 5.74) is 5.38. The van der Waals surface area contributed by atoms with Gasteiger partial charge in [0.2, 0.25) is 0 Å². The van der Waals surface area contributed by atoms with Crippen LogP contribution in [0.15, 0.2) is 28.2 Å². The minimum atomic E-state index is -4.43. The standard InChI is InChI=1S/C14H18F3N5O2S/c1-24-12(23)7-2-4-9(18)25-11-6-3-5-10(21-11)22-13(19)20-8-14(15,16)17/h3,5-6,18H,2,4,7-8H2,1H3,(H3,19,20,21,22). The number of esters is 1. The molecule has 1 rings (SSSR count). The zero-order valence-electron chi connectivity index (χ0n) is 13.4. The molecule has 0 bridgehead atoms. The first-order valence-electron chi connectivity index (χ1n) is 7.12. The molecule has 1 aromatic heterocycles. The Bertz CT molecular complexity index is 637. The number of nitrogens with two attached hydrogens (primary N) is 1. The topological polar surface area (TPSA) is 113 Å². The molecule has 0 aliphatic carbocycles. The Morgan fingerprint density at radius 2 is 2.16 bits per heavy atom. The van der Waals surface area contributed by atoms with E-state index in [1.165, 1.54) is 13.2 Å². The first-order valence-corrected chi connectivity index (χ1v) is 7.94. The molecule has 7 nitrogen and oxygen atoms in total. The van der Waals surface area contributed by atoms with Gasteiger partial charge in [0, 0.05) is 6.42 Å². The van der Waals surface area contributed by atoms with Crippen molar-refractivity contribution in [3.63, 3.8) is 0 Å². The van der Waals surface area contributed by atoms with Crippen molar-refractivity contribution in [2.45, 2.75) is 30.5 Å². The van der Waals surface area contributed by atoms with Crippen molar-refractivity contribution in [2.75, 3.05) is 19.0 Å². The number of aromatic nitrogens is 1. The van der Waals surface area contributed by atoms with Crippen molar-refractivity contribution < 1.29 is 22.7 Å². The number of aliphatic imine (C=N–C) groups is 1. The number of hydrogen-bond donors (Lipinski definition) is 3. The Hall–Kier alpha value is -2.30. The van der Waals surface area contributed by atoms with E-state index in [0.717, 1.165) is 11.8 Å². The lowest BCUT2D eigenvalue weighted by Crippen LogP contribution is -2.26. The second-order valence-corrected chi connectivity index (χ2v) is 5.87. The molecule has 0 radical (unpaired) electrons. The number of halogens is 3. The average Bonchev–Trinajstić information content (AvgIpc) is 2.52. The number of hydrogen-bond acceptors (Lipinski definition) is 6. The molecule has 0 aromatic carbocycles. The van der Waals surface area contributed by atoms with Crippen molar-refractivity contribution in [3.05, 3.63) is 18.2 Å². The Morgan fingerprint density at radius 1 is 1.44 bits per heavy atom. The minimum Gasteiger partial charge on any atom is -0.469 e. The third-order valence-electron chi connectivity index (χ3n) is 2.65. The fourth-order valence-electron chi connectivity index (χ4n) is 1.56. The summed E-state index contributed by atoms with van der Waals surface area (Å²) in [5, 5.41) is 11.1. The highest BCUT2D eigenvalue weighted by Gasteiger charge is 2.26. The summed E-state index contributed by atoms with van der Waals surface area (Å²) >= 11 is 1.08. The van der Waals surface area contributed by atoms with Crippen molar-refractivity contribution in [2.24, 2.45) is 10.7 Å². The molecule has 4 N–H and O–H groups in total. The highest BCUT2D eigenvalue weighted by molar-refractivity contribution is 8.13. The molecule has 0 saturated carbocycles. The Balaban J connectivity index is 2.54. The lowest BCUT2D eigenvalue weighted by Gasteiger charge is -2.08. The van der Waals surface area contributed by atoms with E-state index in [-0.39, 0.29) is 18.2 Å². The summed E-state index contributed by atoms with van der Waals surface area (Å²) in [7, 11) is 1.30. The second kappa shape index (κ2) is 9.87. The molecule has 1 heterocycles. The summed E-state index contributed by atoms with van der Waals surface area (Å²) in [5.74, 6) is -0.522. The number of anilines is 1. The van der Waals surface area contributed by atoms with Crippen molar-refractivity contribution in [1.82, 2.24) is 4.98 Å². The quantitative estimate of drug-likeness (QED) is 0.291. The average molecular weight is 377 g/mol. The highest BCUT2D eigenvalue weighted by Crippen LogP contribution is 2.21. The molecular weight excluding hydrogens is 359 g/mol.